The molecule has 28 heavy (non-hydrogen) atoms. The highest BCUT2D eigenvalue weighted by atomic mass is 19.4. The van der Waals surface area contributed by atoms with Crippen LogP contribution in [0.2, 0.25) is 0 Å². The number of hydrogen-bond donors (Lipinski definition) is 1. The summed E-state index contributed by atoms with van der Waals surface area (Å²) >= 11 is 0. The van der Waals surface area contributed by atoms with Gasteiger partial charge >= 0.3 is 6.18 Å². The van der Waals surface area contributed by atoms with Crippen LogP contribution in [-0.2, 0) is 15.8 Å². The smallest absolute Gasteiger partial charge is 0.296 e. The minimum atomic E-state index is -4.63. The Morgan fingerprint density at radius 1 is 1.14 bits per heavy atom. The van der Waals surface area contributed by atoms with Gasteiger partial charge in [0.1, 0.15) is 23.4 Å². The van der Waals surface area contributed by atoms with E-state index in [1.54, 1.807) is 0 Å². The number of hydrazone groups is 1. The van der Waals surface area contributed by atoms with Crippen LogP contribution in [0.1, 0.15) is 16.1 Å². The van der Waals surface area contributed by atoms with Crippen LogP contribution in [0, 0.1) is 5.92 Å². The zero-order valence-corrected chi connectivity index (χ0v) is 13.8. The van der Waals surface area contributed by atoms with Crippen LogP contribution in [0.15, 0.2) is 48.0 Å². The Bertz CT molecular complexity index is 1020. The van der Waals surface area contributed by atoms with Crippen molar-refractivity contribution in [1.82, 2.24) is 15.4 Å². The van der Waals surface area contributed by atoms with Crippen molar-refractivity contribution in [2.24, 2.45) is 11.0 Å². The number of rotatable bonds is 3. The Balaban J connectivity index is 1.67. The van der Waals surface area contributed by atoms with Gasteiger partial charge in [-0.2, -0.15) is 18.3 Å². The lowest BCUT2D eigenvalue weighted by atomic mass is 9.94. The zero-order chi connectivity index (χ0) is 20.1. The Morgan fingerprint density at radius 3 is 2.61 bits per heavy atom. The number of nitrogens with zero attached hydrogens (tertiary/aromatic N) is 4. The summed E-state index contributed by atoms with van der Waals surface area (Å²) in [5, 5.41) is 3.78. The Hall–Kier alpha value is -3.63. The van der Waals surface area contributed by atoms with E-state index in [2.05, 4.69) is 20.5 Å². The molecule has 2 aliphatic rings. The molecule has 0 radical (unpaired) electrons. The molecule has 1 aromatic carbocycles. The van der Waals surface area contributed by atoms with Crippen molar-refractivity contribution in [3.05, 3.63) is 54.1 Å². The summed E-state index contributed by atoms with van der Waals surface area (Å²) in [6.07, 6.45) is -0.813. The van der Waals surface area contributed by atoms with E-state index in [-0.39, 0.29) is 17.1 Å². The van der Waals surface area contributed by atoms with Gasteiger partial charge in [-0.25, -0.2) is 9.88 Å². The monoisotopic (exact) mass is 389 g/mol. The fourth-order valence-corrected chi connectivity index (χ4v) is 3.10. The predicted octanol–water partition coefficient (Wildman–Crippen LogP) is 1.20. The first kappa shape index (κ1) is 17.8. The fourth-order valence-electron chi connectivity index (χ4n) is 3.10. The van der Waals surface area contributed by atoms with Gasteiger partial charge in [-0.15, -0.1) is 0 Å². The molecule has 1 saturated heterocycles. The second-order valence-corrected chi connectivity index (χ2v) is 6.06. The number of aromatic nitrogens is 2. The number of Topliss-reactive ketones (excluding diaryl/α,β-unsaturated/α-hetero) is 1. The van der Waals surface area contributed by atoms with E-state index in [0.29, 0.717) is 11.0 Å². The van der Waals surface area contributed by atoms with Crippen LogP contribution in [0.4, 0.5) is 18.9 Å². The quantitative estimate of drug-likeness (QED) is 0.625. The van der Waals surface area contributed by atoms with Crippen molar-refractivity contribution in [3.8, 4) is 0 Å². The number of fused-ring (bicyclic) bond motifs is 1. The highest BCUT2D eigenvalue weighted by Gasteiger charge is 2.55. The van der Waals surface area contributed by atoms with Gasteiger partial charge in [0, 0.05) is 12.4 Å². The summed E-state index contributed by atoms with van der Waals surface area (Å²) in [4.78, 5) is 46.2. The predicted molar refractivity (Wildman–Crippen MR) is 88.1 cm³/mol. The highest BCUT2D eigenvalue weighted by molar-refractivity contribution is 6.52. The molecule has 142 valence electrons. The van der Waals surface area contributed by atoms with Crippen LogP contribution >= 0.6 is 0 Å². The Labute approximate surface area is 155 Å². The van der Waals surface area contributed by atoms with Gasteiger partial charge in [-0.3, -0.25) is 24.8 Å². The number of ketones is 1. The van der Waals surface area contributed by atoms with E-state index in [0.717, 1.165) is 12.1 Å². The summed E-state index contributed by atoms with van der Waals surface area (Å²) in [5.41, 5.74) is 0.894. The first-order valence-corrected chi connectivity index (χ1v) is 7.98. The molecular weight excluding hydrogens is 379 g/mol. The summed E-state index contributed by atoms with van der Waals surface area (Å²) < 4.78 is 38.9. The van der Waals surface area contributed by atoms with Crippen molar-refractivity contribution in [1.29, 1.82) is 0 Å². The first-order valence-electron chi connectivity index (χ1n) is 7.98. The third-order valence-electron chi connectivity index (χ3n) is 4.39. The molecule has 3 heterocycles. The number of anilines is 1. The molecule has 8 nitrogen and oxygen atoms in total. The maximum Gasteiger partial charge on any atom is 0.416 e. The third kappa shape index (κ3) is 2.71. The van der Waals surface area contributed by atoms with Crippen LogP contribution in [0.5, 0.6) is 0 Å². The normalized spacial score (nSPS) is 21.4. The summed E-state index contributed by atoms with van der Waals surface area (Å²) in [6, 6.07) is 2.68. The van der Waals surface area contributed by atoms with E-state index in [1.165, 1.54) is 24.7 Å². The topological polar surface area (TPSA) is 105 Å². The Morgan fingerprint density at radius 2 is 1.93 bits per heavy atom. The van der Waals surface area contributed by atoms with Crippen LogP contribution in [0.25, 0.3) is 0 Å². The lowest BCUT2D eigenvalue weighted by Crippen LogP contribution is -2.36. The largest absolute Gasteiger partial charge is 0.416 e. The number of amides is 2. The van der Waals surface area contributed by atoms with Gasteiger partial charge in [-0.05, 0) is 18.2 Å². The average Bonchev–Trinajstić information content (AvgIpc) is 3.22. The minimum absolute atomic E-state index is 0.0681. The Kier molecular flexibility index (Phi) is 3.95. The number of hydrogen-bond acceptors (Lipinski definition) is 7. The molecule has 0 aliphatic carbocycles. The van der Waals surface area contributed by atoms with Crippen molar-refractivity contribution < 1.29 is 27.6 Å². The summed E-state index contributed by atoms with van der Waals surface area (Å²) in [6.45, 7) is 0. The standard InChI is InChI=1S/C17H10F3N5O3/c18-17(19,20)8-2-1-3-9(6-8)25-15(27)11-12(23-24-13(11)16(25)28)14(26)10-7-21-4-5-22-10/h1-7,11,13,24H/t11-,13+/m0/s1. The van der Waals surface area contributed by atoms with Gasteiger partial charge in [0.05, 0.1) is 17.4 Å². The van der Waals surface area contributed by atoms with Gasteiger partial charge in [0.15, 0.2) is 0 Å². The lowest BCUT2D eigenvalue weighted by Gasteiger charge is -2.17. The molecule has 11 heteroatoms. The van der Waals surface area contributed by atoms with Gasteiger partial charge in [0.2, 0.25) is 11.7 Å². The van der Waals surface area contributed by atoms with Crippen LogP contribution in [-0.4, -0.2) is 39.3 Å². The molecule has 1 fully saturated rings. The summed E-state index contributed by atoms with van der Waals surface area (Å²) in [5.74, 6) is -3.58. The van der Waals surface area contributed by atoms with E-state index in [4.69, 9.17) is 0 Å². The second-order valence-electron chi connectivity index (χ2n) is 6.06. The van der Waals surface area contributed by atoms with Crippen LogP contribution < -0.4 is 10.3 Å². The molecule has 0 unspecified atom stereocenters. The molecule has 0 bridgehead atoms. The number of halogens is 3. The molecule has 2 aromatic rings. The molecule has 1 N–H and O–H groups in total. The van der Waals surface area contributed by atoms with Gasteiger partial charge < -0.3 is 0 Å². The van der Waals surface area contributed by atoms with E-state index in [9.17, 15) is 27.6 Å². The maximum atomic E-state index is 13.0. The molecule has 2 aliphatic heterocycles. The van der Waals surface area contributed by atoms with E-state index < -0.39 is 41.3 Å². The molecule has 0 saturated carbocycles. The van der Waals surface area contributed by atoms with Gasteiger partial charge in [0.25, 0.3) is 5.91 Å². The fraction of sp³-hybridized carbons (Fsp3) is 0.176. The average molecular weight is 389 g/mol. The lowest BCUT2D eigenvalue weighted by molar-refractivity contribution is -0.137. The van der Waals surface area contributed by atoms with Crippen molar-refractivity contribution in [3.63, 3.8) is 0 Å². The van der Waals surface area contributed by atoms with Crippen molar-refractivity contribution in [2.75, 3.05) is 4.90 Å². The summed E-state index contributed by atoms with van der Waals surface area (Å²) in [7, 11) is 0. The minimum Gasteiger partial charge on any atom is -0.296 e. The number of carbonyl (C=O) groups is 3. The highest BCUT2D eigenvalue weighted by Crippen LogP contribution is 2.35. The van der Waals surface area contributed by atoms with Crippen molar-refractivity contribution in [2.45, 2.75) is 12.2 Å². The number of nitrogens with one attached hydrogen (secondary N) is 1. The molecular formula is C17H10F3N5O3. The molecule has 0 spiro atoms. The van der Waals surface area contributed by atoms with E-state index in [1.807, 2.05) is 0 Å². The third-order valence-corrected chi connectivity index (χ3v) is 4.39. The first-order chi connectivity index (χ1) is 13.3. The van der Waals surface area contributed by atoms with E-state index >= 15 is 0 Å². The zero-order valence-electron chi connectivity index (χ0n) is 13.8. The molecule has 2 amide bonds. The number of alkyl halides is 3. The number of imide groups is 1. The SMILES string of the molecule is O=C(C1=NN[C@H]2C(=O)N(c3cccc(C(F)(F)F)c3)C(=O)[C@@H]12)c1cnccn1. The molecule has 1 aromatic heterocycles. The van der Waals surface area contributed by atoms with Gasteiger partial charge in [-0.1, -0.05) is 6.07 Å². The molecule has 2 atom stereocenters. The number of benzene rings is 1. The number of carbonyl (C=O) groups excluding carboxylic acids is 3. The van der Waals surface area contributed by atoms with Crippen LogP contribution in [0.3, 0.4) is 0 Å². The maximum absolute atomic E-state index is 13.0. The second kappa shape index (κ2) is 6.22. The van der Waals surface area contributed by atoms with Crippen molar-refractivity contribution >= 4 is 29.0 Å². The molecule has 4 rings (SSSR count).